The van der Waals surface area contributed by atoms with Crippen LogP contribution in [0.15, 0.2) is 42.7 Å². The third-order valence-corrected chi connectivity index (χ3v) is 4.38. The van der Waals surface area contributed by atoms with E-state index in [-0.39, 0.29) is 18.2 Å². The highest BCUT2D eigenvalue weighted by molar-refractivity contribution is 6.31. The third kappa shape index (κ3) is 3.91. The van der Waals surface area contributed by atoms with E-state index in [9.17, 15) is 9.59 Å². The summed E-state index contributed by atoms with van der Waals surface area (Å²) in [6, 6.07) is 8.76. The molecule has 0 spiro atoms. The molecule has 6 nitrogen and oxygen atoms in total. The molecule has 0 radical (unpaired) electrons. The lowest BCUT2D eigenvalue weighted by Gasteiger charge is -2.19. The minimum atomic E-state index is -0.405. The van der Waals surface area contributed by atoms with Crippen molar-refractivity contribution in [2.75, 3.05) is 18.6 Å². The van der Waals surface area contributed by atoms with E-state index < -0.39 is 5.92 Å². The number of nitrogens with one attached hydrogen (secondary N) is 1. The van der Waals surface area contributed by atoms with Crippen molar-refractivity contribution in [1.82, 2.24) is 10.3 Å². The van der Waals surface area contributed by atoms with E-state index in [0.29, 0.717) is 29.5 Å². The predicted octanol–water partition coefficient (Wildman–Crippen LogP) is 2.41. The second-order valence-electron chi connectivity index (χ2n) is 5.79. The second kappa shape index (κ2) is 7.53. The molecule has 1 aliphatic rings. The van der Waals surface area contributed by atoms with Crippen molar-refractivity contribution in [3.05, 3.63) is 53.3 Å². The van der Waals surface area contributed by atoms with Crippen molar-refractivity contribution in [1.29, 1.82) is 0 Å². The Hall–Kier alpha value is -2.60. The Kier molecular flexibility index (Phi) is 5.19. The molecule has 7 heteroatoms. The van der Waals surface area contributed by atoms with Gasteiger partial charge in [0.05, 0.1) is 18.7 Å². The van der Waals surface area contributed by atoms with Crippen molar-refractivity contribution >= 4 is 29.1 Å². The Morgan fingerprint density at radius 2 is 2.12 bits per heavy atom. The molecule has 2 aromatic rings. The number of halogens is 1. The van der Waals surface area contributed by atoms with Crippen LogP contribution >= 0.6 is 11.6 Å². The van der Waals surface area contributed by atoms with E-state index in [0.717, 1.165) is 5.56 Å². The summed E-state index contributed by atoms with van der Waals surface area (Å²) in [5.41, 5.74) is 1.55. The van der Waals surface area contributed by atoms with E-state index >= 15 is 0 Å². The first-order chi connectivity index (χ1) is 12.1. The van der Waals surface area contributed by atoms with Crippen molar-refractivity contribution in [2.45, 2.75) is 13.0 Å². The van der Waals surface area contributed by atoms with Crippen molar-refractivity contribution in [2.24, 2.45) is 5.92 Å². The van der Waals surface area contributed by atoms with Gasteiger partial charge in [0, 0.05) is 36.9 Å². The molecular formula is C18H18ClN3O3. The molecule has 0 saturated carbocycles. The zero-order valence-corrected chi connectivity index (χ0v) is 14.5. The number of hydrogen-bond acceptors (Lipinski definition) is 4. The summed E-state index contributed by atoms with van der Waals surface area (Å²) in [7, 11) is 1.53. The summed E-state index contributed by atoms with van der Waals surface area (Å²) in [5.74, 6) is -0.119. The zero-order chi connectivity index (χ0) is 17.8. The molecule has 1 aromatic carbocycles. The third-order valence-electron chi connectivity index (χ3n) is 4.14. The topological polar surface area (TPSA) is 71.5 Å². The van der Waals surface area contributed by atoms with Crippen LogP contribution in [-0.4, -0.2) is 30.5 Å². The van der Waals surface area contributed by atoms with Crippen LogP contribution in [0.2, 0.25) is 5.02 Å². The van der Waals surface area contributed by atoms with Gasteiger partial charge in [-0.3, -0.25) is 14.6 Å². The maximum atomic E-state index is 12.4. The first kappa shape index (κ1) is 17.2. The van der Waals surface area contributed by atoms with E-state index in [1.807, 2.05) is 12.1 Å². The molecular weight excluding hydrogens is 342 g/mol. The smallest absolute Gasteiger partial charge is 0.227 e. The number of carbonyl (C=O) groups excluding carboxylic acids is 2. The van der Waals surface area contributed by atoms with Gasteiger partial charge in [-0.25, -0.2) is 0 Å². The standard InChI is InChI=1S/C18H18ClN3O3/c1-25-16-3-2-14(19)9-15(16)22-11-13(8-17(22)23)18(24)21-10-12-4-6-20-7-5-12/h2-7,9,13H,8,10-11H2,1H3,(H,21,24). The van der Waals surface area contributed by atoms with Crippen LogP contribution in [0.3, 0.4) is 0 Å². The number of aromatic nitrogens is 1. The van der Waals surface area contributed by atoms with E-state index in [2.05, 4.69) is 10.3 Å². The van der Waals surface area contributed by atoms with E-state index in [1.54, 1.807) is 35.5 Å². The molecule has 1 N–H and O–H groups in total. The molecule has 25 heavy (non-hydrogen) atoms. The maximum absolute atomic E-state index is 12.4. The van der Waals surface area contributed by atoms with Gasteiger partial charge in [-0.1, -0.05) is 11.6 Å². The predicted molar refractivity (Wildman–Crippen MR) is 94.5 cm³/mol. The summed E-state index contributed by atoms with van der Waals surface area (Å²) in [4.78, 5) is 30.3. The van der Waals surface area contributed by atoms with Gasteiger partial charge in [0.15, 0.2) is 0 Å². The Morgan fingerprint density at radius 1 is 1.36 bits per heavy atom. The van der Waals surface area contributed by atoms with E-state index in [1.165, 1.54) is 7.11 Å². The lowest BCUT2D eigenvalue weighted by atomic mass is 10.1. The molecule has 0 bridgehead atoms. The molecule has 2 heterocycles. The Morgan fingerprint density at radius 3 is 2.84 bits per heavy atom. The number of amides is 2. The number of benzene rings is 1. The van der Waals surface area contributed by atoms with Crippen LogP contribution in [0.25, 0.3) is 0 Å². The SMILES string of the molecule is COc1ccc(Cl)cc1N1CC(C(=O)NCc2ccncc2)CC1=O. The highest BCUT2D eigenvalue weighted by Crippen LogP contribution is 2.35. The molecule has 1 unspecified atom stereocenters. The number of nitrogens with zero attached hydrogens (tertiary/aromatic N) is 2. The molecule has 1 fully saturated rings. The van der Waals surface area contributed by atoms with E-state index in [4.69, 9.17) is 16.3 Å². The quantitative estimate of drug-likeness (QED) is 0.889. The van der Waals surface area contributed by atoms with Crippen LogP contribution in [0.5, 0.6) is 5.75 Å². The van der Waals surface area contributed by atoms with Crippen molar-refractivity contribution < 1.29 is 14.3 Å². The maximum Gasteiger partial charge on any atom is 0.227 e. The van der Waals surface area contributed by atoms with Crippen LogP contribution in [0, 0.1) is 5.92 Å². The first-order valence-corrected chi connectivity index (χ1v) is 8.27. The largest absolute Gasteiger partial charge is 0.495 e. The van der Waals surface area contributed by atoms with Crippen LogP contribution in [-0.2, 0) is 16.1 Å². The lowest BCUT2D eigenvalue weighted by molar-refractivity contribution is -0.126. The Bertz CT molecular complexity index is 782. The highest BCUT2D eigenvalue weighted by atomic mass is 35.5. The number of ether oxygens (including phenoxy) is 1. The summed E-state index contributed by atoms with van der Waals surface area (Å²) >= 11 is 6.04. The summed E-state index contributed by atoms with van der Waals surface area (Å²) in [6.07, 6.45) is 3.51. The van der Waals surface area contributed by atoms with Gasteiger partial charge in [0.25, 0.3) is 0 Å². The number of methoxy groups -OCH3 is 1. The number of rotatable bonds is 5. The van der Waals surface area contributed by atoms with Gasteiger partial charge in [-0.05, 0) is 35.9 Å². The molecule has 0 aliphatic carbocycles. The van der Waals surface area contributed by atoms with Gasteiger partial charge in [-0.2, -0.15) is 0 Å². The highest BCUT2D eigenvalue weighted by Gasteiger charge is 2.36. The minimum absolute atomic E-state index is 0.121. The lowest BCUT2D eigenvalue weighted by Crippen LogP contribution is -2.32. The number of carbonyl (C=O) groups is 2. The number of anilines is 1. The molecule has 2 amide bonds. The van der Waals surface area contributed by atoms with Crippen molar-refractivity contribution in [3.63, 3.8) is 0 Å². The van der Waals surface area contributed by atoms with Gasteiger partial charge in [0.1, 0.15) is 5.75 Å². The number of hydrogen-bond donors (Lipinski definition) is 1. The zero-order valence-electron chi connectivity index (χ0n) is 13.7. The van der Waals surface area contributed by atoms with Crippen molar-refractivity contribution in [3.8, 4) is 5.75 Å². The fourth-order valence-electron chi connectivity index (χ4n) is 2.82. The molecule has 130 valence electrons. The van der Waals surface area contributed by atoms with Gasteiger partial charge in [-0.15, -0.1) is 0 Å². The monoisotopic (exact) mass is 359 g/mol. The van der Waals surface area contributed by atoms with Gasteiger partial charge >= 0.3 is 0 Å². The minimum Gasteiger partial charge on any atom is -0.495 e. The molecule has 3 rings (SSSR count). The fourth-order valence-corrected chi connectivity index (χ4v) is 2.99. The molecule has 1 aliphatic heterocycles. The van der Waals surface area contributed by atoms with Gasteiger partial charge < -0.3 is 15.0 Å². The van der Waals surface area contributed by atoms with Gasteiger partial charge in [0.2, 0.25) is 11.8 Å². The molecule has 1 aromatic heterocycles. The van der Waals surface area contributed by atoms with Crippen LogP contribution < -0.4 is 15.0 Å². The Balaban J connectivity index is 1.68. The second-order valence-corrected chi connectivity index (χ2v) is 6.23. The summed E-state index contributed by atoms with van der Waals surface area (Å²) < 4.78 is 5.30. The van der Waals surface area contributed by atoms with Crippen LogP contribution in [0.1, 0.15) is 12.0 Å². The molecule has 1 atom stereocenters. The average molecular weight is 360 g/mol. The molecule has 1 saturated heterocycles. The number of pyridine rings is 1. The summed E-state index contributed by atoms with van der Waals surface area (Å²) in [5, 5.41) is 3.38. The normalized spacial score (nSPS) is 16.8. The Labute approximate surface area is 150 Å². The first-order valence-electron chi connectivity index (χ1n) is 7.89. The summed E-state index contributed by atoms with van der Waals surface area (Å²) in [6.45, 7) is 0.713. The average Bonchev–Trinajstić information content (AvgIpc) is 3.02. The van der Waals surface area contributed by atoms with Crippen LogP contribution in [0.4, 0.5) is 5.69 Å². The fraction of sp³-hybridized carbons (Fsp3) is 0.278.